The predicted molar refractivity (Wildman–Crippen MR) is 76.0 cm³/mol. The first kappa shape index (κ1) is 12.8. The highest BCUT2D eigenvalue weighted by Gasteiger charge is 2.38. The minimum Gasteiger partial charge on any atom is -0.363 e. The second-order valence-electron chi connectivity index (χ2n) is 5.07. The molecule has 3 heterocycles. The van der Waals surface area contributed by atoms with Crippen molar-refractivity contribution >= 4 is 17.3 Å². The number of fused-ring (bicyclic) bond motifs is 3. The minimum absolute atomic E-state index is 0.654. The Morgan fingerprint density at radius 2 is 2.35 bits per heavy atom. The number of hydrogen-bond donors (Lipinski definition) is 2. The van der Waals surface area contributed by atoms with Crippen LogP contribution in [0.15, 0.2) is 12.7 Å². The monoisotopic (exact) mass is 253 g/mol. The van der Waals surface area contributed by atoms with Gasteiger partial charge < -0.3 is 10.6 Å². The quantitative estimate of drug-likeness (QED) is 0.584. The zero-order chi connectivity index (χ0) is 12.3. The van der Waals surface area contributed by atoms with Crippen LogP contribution in [0.25, 0.3) is 0 Å². The van der Waals surface area contributed by atoms with Gasteiger partial charge in [0.25, 0.3) is 0 Å². The Balaban J connectivity index is 1.80. The molecule has 3 fully saturated rings. The first-order valence-corrected chi connectivity index (χ1v) is 7.03. The molecule has 0 radical (unpaired) electrons. The summed E-state index contributed by atoms with van der Waals surface area (Å²) in [5.74, 6) is 1.55. The maximum Gasteiger partial charge on any atom is 0.166 e. The second-order valence-corrected chi connectivity index (χ2v) is 5.48. The summed E-state index contributed by atoms with van der Waals surface area (Å²) in [5.41, 5.74) is 0. The Bertz CT molecular complexity index is 292. The van der Waals surface area contributed by atoms with E-state index in [0.717, 1.165) is 24.1 Å². The molecule has 3 nitrogen and oxygen atoms in total. The molecule has 2 N–H and O–H groups in total. The minimum atomic E-state index is 0.654. The van der Waals surface area contributed by atoms with Crippen LogP contribution in [0.1, 0.15) is 19.8 Å². The van der Waals surface area contributed by atoms with Crippen LogP contribution in [0, 0.1) is 11.8 Å². The lowest BCUT2D eigenvalue weighted by Crippen LogP contribution is -2.56. The van der Waals surface area contributed by atoms with Crippen molar-refractivity contribution in [2.75, 3.05) is 26.2 Å². The van der Waals surface area contributed by atoms with Crippen LogP contribution in [0.5, 0.6) is 0 Å². The lowest BCUT2D eigenvalue weighted by atomic mass is 9.76. The molecule has 3 saturated heterocycles. The van der Waals surface area contributed by atoms with E-state index in [4.69, 9.17) is 12.2 Å². The zero-order valence-corrected chi connectivity index (χ0v) is 11.4. The zero-order valence-electron chi connectivity index (χ0n) is 10.6. The summed E-state index contributed by atoms with van der Waals surface area (Å²) < 4.78 is 0. The summed E-state index contributed by atoms with van der Waals surface area (Å²) in [6.45, 7) is 10.3. The highest BCUT2D eigenvalue weighted by Crippen LogP contribution is 2.36. The van der Waals surface area contributed by atoms with E-state index in [1.165, 1.54) is 25.9 Å². The maximum atomic E-state index is 5.20. The van der Waals surface area contributed by atoms with Crippen LogP contribution in [0.3, 0.4) is 0 Å². The molecule has 0 aliphatic carbocycles. The molecule has 4 atom stereocenters. The van der Waals surface area contributed by atoms with Crippen LogP contribution >= 0.6 is 12.2 Å². The SMILES string of the molecule is C=C[C@H]1CN2CC[C@H]1C[C@@H]2CNC(=S)NCC. The van der Waals surface area contributed by atoms with Crippen molar-refractivity contribution in [3.05, 3.63) is 12.7 Å². The van der Waals surface area contributed by atoms with E-state index in [0.29, 0.717) is 12.0 Å². The van der Waals surface area contributed by atoms with Gasteiger partial charge in [-0.2, -0.15) is 0 Å². The number of nitrogens with one attached hydrogen (secondary N) is 2. The van der Waals surface area contributed by atoms with E-state index in [9.17, 15) is 0 Å². The van der Waals surface area contributed by atoms with Crippen molar-refractivity contribution in [1.29, 1.82) is 0 Å². The summed E-state index contributed by atoms with van der Waals surface area (Å²) in [6.07, 6.45) is 4.77. The van der Waals surface area contributed by atoms with Gasteiger partial charge in [-0.1, -0.05) is 6.08 Å². The van der Waals surface area contributed by atoms with Gasteiger partial charge in [0.05, 0.1) is 0 Å². The van der Waals surface area contributed by atoms with Crippen molar-refractivity contribution in [3.8, 4) is 0 Å². The summed E-state index contributed by atoms with van der Waals surface area (Å²) in [4.78, 5) is 2.59. The van der Waals surface area contributed by atoms with Crippen molar-refractivity contribution in [2.45, 2.75) is 25.8 Å². The van der Waals surface area contributed by atoms with Gasteiger partial charge in [-0.05, 0) is 50.4 Å². The third kappa shape index (κ3) is 2.99. The fraction of sp³-hybridized carbons (Fsp3) is 0.769. The molecule has 0 aromatic carbocycles. The molecule has 3 rings (SSSR count). The summed E-state index contributed by atoms with van der Waals surface area (Å²) in [5, 5.41) is 7.25. The van der Waals surface area contributed by atoms with Gasteiger partial charge in [0.2, 0.25) is 0 Å². The first-order chi connectivity index (χ1) is 8.24. The summed E-state index contributed by atoms with van der Waals surface area (Å²) >= 11 is 5.20. The third-order valence-electron chi connectivity index (χ3n) is 4.07. The topological polar surface area (TPSA) is 27.3 Å². The van der Waals surface area contributed by atoms with Crippen molar-refractivity contribution in [1.82, 2.24) is 15.5 Å². The van der Waals surface area contributed by atoms with E-state index >= 15 is 0 Å². The number of nitrogens with zero attached hydrogens (tertiary/aromatic N) is 1. The summed E-state index contributed by atoms with van der Waals surface area (Å²) in [6, 6.07) is 0.654. The Labute approximate surface area is 110 Å². The number of rotatable bonds is 4. The smallest absolute Gasteiger partial charge is 0.166 e. The molecule has 3 aliphatic rings. The predicted octanol–water partition coefficient (Wildman–Crippen LogP) is 1.37. The fourth-order valence-corrected chi connectivity index (χ4v) is 3.32. The van der Waals surface area contributed by atoms with E-state index < -0.39 is 0 Å². The standard InChI is InChI=1S/C13H23N3S/c1-3-10-9-16-6-5-11(10)7-12(16)8-15-13(17)14-4-2/h3,10-12H,1,4-9H2,2H3,(H2,14,15,17)/t10-,11-,12+/m0/s1. The van der Waals surface area contributed by atoms with Crippen LogP contribution in [-0.2, 0) is 0 Å². The van der Waals surface area contributed by atoms with Crippen LogP contribution in [0.4, 0.5) is 0 Å². The number of piperidine rings is 3. The average molecular weight is 253 g/mol. The second kappa shape index (κ2) is 5.83. The van der Waals surface area contributed by atoms with Gasteiger partial charge in [0.1, 0.15) is 0 Å². The van der Waals surface area contributed by atoms with E-state index in [-0.39, 0.29) is 0 Å². The van der Waals surface area contributed by atoms with Gasteiger partial charge in [0, 0.05) is 25.7 Å². The molecule has 17 heavy (non-hydrogen) atoms. The normalized spacial score (nSPS) is 35.4. The lowest BCUT2D eigenvalue weighted by molar-refractivity contribution is 0.0215. The van der Waals surface area contributed by atoms with E-state index in [1.54, 1.807) is 0 Å². The van der Waals surface area contributed by atoms with Crippen LogP contribution < -0.4 is 10.6 Å². The molecule has 3 aliphatic heterocycles. The van der Waals surface area contributed by atoms with E-state index in [2.05, 4.69) is 35.1 Å². The van der Waals surface area contributed by atoms with Crippen LogP contribution in [0.2, 0.25) is 0 Å². The Hall–Kier alpha value is -0.610. The molecule has 0 aromatic heterocycles. The molecule has 4 heteroatoms. The number of thiocarbonyl (C=S) groups is 1. The van der Waals surface area contributed by atoms with Gasteiger partial charge >= 0.3 is 0 Å². The first-order valence-electron chi connectivity index (χ1n) is 6.63. The van der Waals surface area contributed by atoms with Gasteiger partial charge in [-0.25, -0.2) is 0 Å². The molecule has 0 saturated carbocycles. The molecule has 1 unspecified atom stereocenters. The highest BCUT2D eigenvalue weighted by molar-refractivity contribution is 7.80. The van der Waals surface area contributed by atoms with Crippen LogP contribution in [-0.4, -0.2) is 42.2 Å². The molecule has 0 aromatic rings. The molecule has 2 bridgehead atoms. The van der Waals surface area contributed by atoms with E-state index in [1.807, 2.05) is 0 Å². The van der Waals surface area contributed by atoms with Gasteiger partial charge in [-0.3, -0.25) is 4.90 Å². The number of hydrogen-bond acceptors (Lipinski definition) is 2. The molecule has 0 spiro atoms. The average Bonchev–Trinajstić information content (AvgIpc) is 2.37. The lowest BCUT2D eigenvalue weighted by Gasteiger charge is -2.49. The highest BCUT2D eigenvalue weighted by atomic mass is 32.1. The largest absolute Gasteiger partial charge is 0.363 e. The fourth-order valence-electron chi connectivity index (χ4n) is 3.09. The molecule has 0 amide bonds. The third-order valence-corrected chi connectivity index (χ3v) is 4.36. The summed E-state index contributed by atoms with van der Waals surface area (Å²) in [7, 11) is 0. The molecular formula is C13H23N3S. The van der Waals surface area contributed by atoms with Crippen molar-refractivity contribution < 1.29 is 0 Å². The van der Waals surface area contributed by atoms with Gasteiger partial charge in [-0.15, -0.1) is 6.58 Å². The Morgan fingerprint density at radius 1 is 1.53 bits per heavy atom. The Kier molecular flexibility index (Phi) is 4.40. The van der Waals surface area contributed by atoms with Gasteiger partial charge in [0.15, 0.2) is 5.11 Å². The van der Waals surface area contributed by atoms with Crippen molar-refractivity contribution in [2.24, 2.45) is 11.8 Å². The molecular weight excluding hydrogens is 230 g/mol. The van der Waals surface area contributed by atoms with Crippen molar-refractivity contribution in [3.63, 3.8) is 0 Å². The molecule has 96 valence electrons. The Morgan fingerprint density at radius 3 is 2.94 bits per heavy atom. The maximum absolute atomic E-state index is 5.20.